The molecule has 0 bridgehead atoms. The minimum Gasteiger partial charge on any atom is -0.355 e. The molecule has 1 saturated heterocycles. The normalized spacial score (nSPS) is 34.9. The van der Waals surface area contributed by atoms with E-state index in [2.05, 4.69) is 25.7 Å². The van der Waals surface area contributed by atoms with Crippen LogP contribution in [0.4, 0.5) is 0 Å². The molecule has 1 rings (SSSR count). The van der Waals surface area contributed by atoms with E-state index >= 15 is 0 Å². The molecule has 0 spiro atoms. The predicted molar refractivity (Wildman–Crippen MR) is 47.9 cm³/mol. The van der Waals surface area contributed by atoms with Gasteiger partial charge in [-0.1, -0.05) is 19.3 Å². The molecule has 0 saturated carbocycles. The molecule has 60 valence electrons. The first-order chi connectivity index (χ1) is 5.06. The molecule has 1 aliphatic heterocycles. The summed E-state index contributed by atoms with van der Waals surface area (Å²) in [6, 6.07) is 0. The standard InChI is InChI=1S/C8H14BNO/c1-4-7(11)10-8(3)5-6(2)9-8/h4,6,9H,1,5H2,2-3H3,(H,10,11). The summed E-state index contributed by atoms with van der Waals surface area (Å²) < 4.78 is 0. The summed E-state index contributed by atoms with van der Waals surface area (Å²) in [5, 5.41) is 2.92. The van der Waals surface area contributed by atoms with Crippen molar-refractivity contribution in [2.45, 2.75) is 31.5 Å². The average molecular weight is 151 g/mol. The molecule has 1 fully saturated rings. The first kappa shape index (κ1) is 8.37. The molecule has 1 heterocycles. The second-order valence-electron chi connectivity index (χ2n) is 3.77. The maximum atomic E-state index is 10.9. The molecule has 2 nitrogen and oxygen atoms in total. The van der Waals surface area contributed by atoms with Crippen LogP contribution in [0, 0.1) is 0 Å². The third-order valence-electron chi connectivity index (χ3n) is 2.21. The van der Waals surface area contributed by atoms with Gasteiger partial charge in [0.25, 0.3) is 0 Å². The van der Waals surface area contributed by atoms with Gasteiger partial charge in [-0.2, -0.15) is 0 Å². The Labute approximate surface area is 68.3 Å². The minimum atomic E-state index is -0.0561. The van der Waals surface area contributed by atoms with Gasteiger partial charge in [-0.25, -0.2) is 0 Å². The second kappa shape index (κ2) is 2.72. The molecule has 3 heteroatoms. The summed E-state index contributed by atoms with van der Waals surface area (Å²) in [5.41, 5.74) is 0.0463. The highest BCUT2D eigenvalue weighted by Crippen LogP contribution is 2.33. The van der Waals surface area contributed by atoms with Crippen molar-refractivity contribution < 1.29 is 4.79 Å². The van der Waals surface area contributed by atoms with Gasteiger partial charge in [0.05, 0.1) is 0 Å². The summed E-state index contributed by atoms with van der Waals surface area (Å²) in [6.07, 6.45) is 2.42. The molecule has 0 aromatic rings. The Morgan fingerprint density at radius 3 is 2.82 bits per heavy atom. The number of nitrogens with one attached hydrogen (secondary N) is 1. The highest BCUT2D eigenvalue weighted by atomic mass is 16.1. The highest BCUT2D eigenvalue weighted by Gasteiger charge is 2.39. The van der Waals surface area contributed by atoms with Crippen LogP contribution < -0.4 is 5.32 Å². The van der Waals surface area contributed by atoms with Crippen molar-refractivity contribution in [1.29, 1.82) is 0 Å². The van der Waals surface area contributed by atoms with E-state index in [0.29, 0.717) is 0 Å². The van der Waals surface area contributed by atoms with E-state index in [1.807, 2.05) is 0 Å². The van der Waals surface area contributed by atoms with E-state index in [1.54, 1.807) is 0 Å². The molecule has 0 radical (unpaired) electrons. The van der Waals surface area contributed by atoms with E-state index in [0.717, 1.165) is 19.5 Å². The van der Waals surface area contributed by atoms with Crippen LogP contribution in [0.1, 0.15) is 20.3 Å². The molecular formula is C8H14BNO. The Morgan fingerprint density at radius 1 is 1.91 bits per heavy atom. The summed E-state index contributed by atoms with van der Waals surface area (Å²) in [4.78, 5) is 10.9. The average Bonchev–Trinajstić information content (AvgIpc) is 1.84. The summed E-state index contributed by atoms with van der Waals surface area (Å²) >= 11 is 0. The highest BCUT2D eigenvalue weighted by molar-refractivity contribution is 6.46. The third kappa shape index (κ3) is 1.85. The Balaban J connectivity index is 2.37. The molecule has 0 aromatic heterocycles. The van der Waals surface area contributed by atoms with Gasteiger partial charge in [0, 0.05) is 5.44 Å². The Morgan fingerprint density at radius 2 is 2.45 bits per heavy atom. The zero-order valence-corrected chi connectivity index (χ0v) is 7.18. The van der Waals surface area contributed by atoms with E-state index in [1.165, 1.54) is 6.08 Å². The molecule has 1 aliphatic rings. The number of hydrogen-bond acceptors (Lipinski definition) is 1. The van der Waals surface area contributed by atoms with Crippen LogP contribution in [-0.2, 0) is 4.79 Å². The van der Waals surface area contributed by atoms with Crippen LogP contribution in [0.3, 0.4) is 0 Å². The molecule has 0 aromatic carbocycles. The molecule has 2 atom stereocenters. The summed E-state index contributed by atoms with van der Waals surface area (Å²) in [5.74, 6) is 0.699. The van der Waals surface area contributed by atoms with E-state index in [4.69, 9.17) is 0 Å². The molecule has 2 unspecified atom stereocenters. The molecule has 1 amide bonds. The summed E-state index contributed by atoms with van der Waals surface area (Å²) in [7, 11) is 1.09. The number of carbonyl (C=O) groups excluding carboxylic acids is 1. The fourth-order valence-electron chi connectivity index (χ4n) is 1.93. The van der Waals surface area contributed by atoms with Crippen molar-refractivity contribution in [2.24, 2.45) is 0 Å². The largest absolute Gasteiger partial charge is 0.355 e. The van der Waals surface area contributed by atoms with Crippen LogP contribution in [-0.4, -0.2) is 18.6 Å². The lowest BCUT2D eigenvalue weighted by molar-refractivity contribution is -0.117. The van der Waals surface area contributed by atoms with Gasteiger partial charge in [0.15, 0.2) is 7.28 Å². The van der Waals surface area contributed by atoms with Gasteiger partial charge in [-0.05, 0) is 19.4 Å². The van der Waals surface area contributed by atoms with Gasteiger partial charge in [-0.15, -0.1) is 0 Å². The van der Waals surface area contributed by atoms with Crippen LogP contribution in [0.15, 0.2) is 12.7 Å². The quantitative estimate of drug-likeness (QED) is 0.455. The van der Waals surface area contributed by atoms with Crippen LogP contribution in [0.5, 0.6) is 0 Å². The van der Waals surface area contributed by atoms with Crippen molar-refractivity contribution in [2.75, 3.05) is 0 Å². The minimum absolute atomic E-state index is 0.0463. The van der Waals surface area contributed by atoms with Gasteiger partial charge in [0.2, 0.25) is 5.91 Å². The molecule has 11 heavy (non-hydrogen) atoms. The number of amides is 1. The lowest BCUT2D eigenvalue weighted by Crippen LogP contribution is -2.58. The van der Waals surface area contributed by atoms with Crippen LogP contribution >= 0.6 is 0 Å². The molecule has 1 N–H and O–H groups in total. The van der Waals surface area contributed by atoms with Gasteiger partial charge >= 0.3 is 0 Å². The first-order valence-electron chi connectivity index (χ1n) is 4.00. The van der Waals surface area contributed by atoms with Crippen LogP contribution in [0.25, 0.3) is 0 Å². The van der Waals surface area contributed by atoms with Crippen molar-refractivity contribution >= 4 is 13.2 Å². The first-order valence-corrected chi connectivity index (χ1v) is 4.00. The zero-order valence-electron chi connectivity index (χ0n) is 7.18. The molecule has 0 aliphatic carbocycles. The van der Waals surface area contributed by atoms with Crippen molar-refractivity contribution in [3.05, 3.63) is 12.7 Å². The Kier molecular flexibility index (Phi) is 2.07. The van der Waals surface area contributed by atoms with Crippen molar-refractivity contribution in [1.82, 2.24) is 5.32 Å². The van der Waals surface area contributed by atoms with E-state index < -0.39 is 0 Å². The van der Waals surface area contributed by atoms with Gasteiger partial charge < -0.3 is 5.32 Å². The fourth-order valence-corrected chi connectivity index (χ4v) is 1.93. The zero-order chi connectivity index (χ0) is 8.48. The monoisotopic (exact) mass is 151 g/mol. The number of carbonyl (C=O) groups is 1. The SMILES string of the molecule is C=CC(=O)NC1(C)BC(C)C1. The maximum Gasteiger partial charge on any atom is 0.243 e. The lowest BCUT2D eigenvalue weighted by Gasteiger charge is -2.43. The summed E-state index contributed by atoms with van der Waals surface area (Å²) in [6.45, 7) is 7.68. The van der Waals surface area contributed by atoms with Crippen molar-refractivity contribution in [3.63, 3.8) is 0 Å². The number of rotatable bonds is 2. The Hall–Kier alpha value is -0.725. The number of hydrogen-bond donors (Lipinski definition) is 1. The predicted octanol–water partition coefficient (Wildman–Crippen LogP) is 0.653. The van der Waals surface area contributed by atoms with Gasteiger partial charge in [-0.3, -0.25) is 4.79 Å². The Bertz CT molecular complexity index is 185. The van der Waals surface area contributed by atoms with Crippen LogP contribution in [0.2, 0.25) is 5.82 Å². The molecular weight excluding hydrogens is 137 g/mol. The second-order valence-corrected chi connectivity index (χ2v) is 3.77. The van der Waals surface area contributed by atoms with E-state index in [9.17, 15) is 4.79 Å². The smallest absolute Gasteiger partial charge is 0.243 e. The van der Waals surface area contributed by atoms with E-state index in [-0.39, 0.29) is 11.3 Å². The van der Waals surface area contributed by atoms with Crippen molar-refractivity contribution in [3.8, 4) is 0 Å². The lowest BCUT2D eigenvalue weighted by atomic mass is 9.37. The maximum absolute atomic E-state index is 10.9. The fraction of sp³-hybridized carbons (Fsp3) is 0.625. The third-order valence-corrected chi connectivity index (χ3v) is 2.21. The topological polar surface area (TPSA) is 29.1 Å². The van der Waals surface area contributed by atoms with Gasteiger partial charge in [0.1, 0.15) is 0 Å².